The van der Waals surface area contributed by atoms with Crippen LogP contribution < -0.4 is 5.73 Å². The maximum atomic E-state index is 11.1. The van der Waals surface area contributed by atoms with Crippen molar-refractivity contribution in [2.45, 2.75) is 26.8 Å². The van der Waals surface area contributed by atoms with Crippen LogP contribution in [0, 0.1) is 25.2 Å². The topological polar surface area (TPSA) is 81.0 Å². The van der Waals surface area contributed by atoms with Gasteiger partial charge in [0.2, 0.25) is 0 Å². The van der Waals surface area contributed by atoms with Crippen LogP contribution >= 0.6 is 0 Å². The van der Waals surface area contributed by atoms with Crippen molar-refractivity contribution in [3.05, 3.63) is 28.6 Å². The van der Waals surface area contributed by atoms with E-state index in [1.54, 1.807) is 7.11 Å². The third kappa shape index (κ3) is 3.24. The van der Waals surface area contributed by atoms with Gasteiger partial charge in [-0.3, -0.25) is 4.79 Å². The number of nitriles is 1. The van der Waals surface area contributed by atoms with Crippen molar-refractivity contribution in [3.63, 3.8) is 0 Å². The van der Waals surface area contributed by atoms with Crippen molar-refractivity contribution >= 4 is 12.0 Å². The Labute approximate surface area is 113 Å². The van der Waals surface area contributed by atoms with E-state index in [2.05, 4.69) is 11.5 Å². The number of hydrogen-bond donors (Lipinski definition) is 1. The van der Waals surface area contributed by atoms with E-state index in [1.165, 1.54) is 6.08 Å². The number of carbonyl (C=O) groups excluding carboxylic acids is 1. The van der Waals surface area contributed by atoms with E-state index in [9.17, 15) is 4.79 Å². The molecule has 0 spiro atoms. The molecule has 0 aliphatic heterocycles. The maximum Gasteiger partial charge on any atom is 0.259 e. The lowest BCUT2D eigenvalue weighted by Crippen LogP contribution is -2.14. The molecule has 0 aliphatic rings. The van der Waals surface area contributed by atoms with E-state index in [1.807, 2.05) is 26.0 Å². The van der Waals surface area contributed by atoms with E-state index in [0.29, 0.717) is 6.61 Å². The zero-order valence-electron chi connectivity index (χ0n) is 11.7. The summed E-state index contributed by atoms with van der Waals surface area (Å²) < 4.78 is 7.27. The van der Waals surface area contributed by atoms with Crippen molar-refractivity contribution in [2.75, 3.05) is 13.7 Å². The van der Waals surface area contributed by atoms with E-state index >= 15 is 0 Å². The number of ether oxygens (including phenoxy) is 1. The summed E-state index contributed by atoms with van der Waals surface area (Å²) >= 11 is 0. The second kappa shape index (κ2) is 6.21. The van der Waals surface area contributed by atoms with Crippen molar-refractivity contribution < 1.29 is 9.53 Å². The highest BCUT2D eigenvalue weighted by atomic mass is 16.5. The second-order valence-electron chi connectivity index (χ2n) is 4.53. The molecule has 0 aromatic carbocycles. The summed E-state index contributed by atoms with van der Waals surface area (Å²) in [4.78, 5) is 11.1. The van der Waals surface area contributed by atoms with E-state index < -0.39 is 5.91 Å². The number of aryl methyl sites for hydroxylation is 1. The number of hydrogen-bond acceptors (Lipinski definition) is 3. The zero-order valence-corrected chi connectivity index (χ0v) is 11.7. The Morgan fingerprint density at radius 1 is 1.63 bits per heavy atom. The monoisotopic (exact) mass is 261 g/mol. The summed E-state index contributed by atoms with van der Waals surface area (Å²) in [7, 11) is 1.66. The molecular weight excluding hydrogens is 242 g/mol. The molecule has 0 saturated heterocycles. The summed E-state index contributed by atoms with van der Waals surface area (Å²) in [5.41, 5.74) is 7.96. The predicted octanol–water partition coefficient (Wildman–Crippen LogP) is 1.70. The van der Waals surface area contributed by atoms with E-state index in [4.69, 9.17) is 15.7 Å². The highest BCUT2D eigenvalue weighted by molar-refractivity contribution is 6.00. The molecule has 1 unspecified atom stereocenters. The molecule has 1 heterocycles. The van der Waals surface area contributed by atoms with Crippen LogP contribution in [-0.2, 0) is 9.53 Å². The largest absolute Gasteiger partial charge is 0.383 e. The van der Waals surface area contributed by atoms with Crippen molar-refractivity contribution in [1.29, 1.82) is 5.26 Å². The summed E-state index contributed by atoms with van der Waals surface area (Å²) in [6.07, 6.45) is 1.53. The molecule has 2 N–H and O–H groups in total. The molecule has 19 heavy (non-hydrogen) atoms. The lowest BCUT2D eigenvalue weighted by Gasteiger charge is -2.17. The lowest BCUT2D eigenvalue weighted by atomic mass is 10.1. The first kappa shape index (κ1) is 15.0. The SMILES string of the molecule is COCC(C)n1c(C)cc(/C=C(/C#N)C(N)=O)c1C. The average molecular weight is 261 g/mol. The maximum absolute atomic E-state index is 11.1. The number of nitrogens with zero attached hydrogens (tertiary/aromatic N) is 2. The summed E-state index contributed by atoms with van der Waals surface area (Å²) in [5.74, 6) is -0.711. The van der Waals surface area contributed by atoms with Gasteiger partial charge in [-0.15, -0.1) is 0 Å². The van der Waals surface area contributed by atoms with Gasteiger partial charge >= 0.3 is 0 Å². The van der Waals surface area contributed by atoms with Crippen LogP contribution in [0.3, 0.4) is 0 Å². The minimum Gasteiger partial charge on any atom is -0.383 e. The number of nitrogens with two attached hydrogens (primary N) is 1. The molecule has 5 nitrogen and oxygen atoms in total. The highest BCUT2D eigenvalue weighted by Crippen LogP contribution is 2.22. The first-order valence-electron chi connectivity index (χ1n) is 6.01. The van der Waals surface area contributed by atoms with Crippen LogP contribution in [0.15, 0.2) is 11.6 Å². The Bertz CT molecular complexity index is 550. The number of primary amides is 1. The fraction of sp³-hybridized carbons (Fsp3) is 0.429. The van der Waals surface area contributed by atoms with Gasteiger partial charge in [-0.25, -0.2) is 0 Å². The molecule has 5 heteroatoms. The fourth-order valence-electron chi connectivity index (χ4n) is 2.26. The molecule has 1 rings (SSSR count). The van der Waals surface area contributed by atoms with Gasteiger partial charge in [0.15, 0.2) is 0 Å². The average Bonchev–Trinajstić information content (AvgIpc) is 2.61. The molecule has 1 aromatic heterocycles. The first-order valence-corrected chi connectivity index (χ1v) is 6.01. The number of aromatic nitrogens is 1. The Morgan fingerprint density at radius 3 is 2.74 bits per heavy atom. The van der Waals surface area contributed by atoms with Gasteiger partial charge in [-0.1, -0.05) is 0 Å². The Hall–Kier alpha value is -2.06. The van der Waals surface area contributed by atoms with Crippen LogP contribution in [-0.4, -0.2) is 24.2 Å². The van der Waals surface area contributed by atoms with Gasteiger partial charge in [-0.2, -0.15) is 5.26 Å². The third-order valence-electron chi connectivity index (χ3n) is 3.06. The van der Waals surface area contributed by atoms with Crippen LogP contribution in [0.1, 0.15) is 29.9 Å². The molecule has 1 aromatic rings. The van der Waals surface area contributed by atoms with E-state index in [0.717, 1.165) is 17.0 Å². The van der Waals surface area contributed by atoms with Crippen LogP contribution in [0.4, 0.5) is 0 Å². The quantitative estimate of drug-likeness (QED) is 0.647. The van der Waals surface area contributed by atoms with Crippen molar-refractivity contribution in [1.82, 2.24) is 4.57 Å². The number of rotatable bonds is 5. The molecule has 102 valence electrons. The van der Waals surface area contributed by atoms with Crippen molar-refractivity contribution in [3.8, 4) is 6.07 Å². The first-order chi connectivity index (χ1) is 8.92. The predicted molar refractivity (Wildman–Crippen MR) is 73.3 cm³/mol. The van der Waals surface area contributed by atoms with Gasteiger partial charge in [0, 0.05) is 18.5 Å². The summed E-state index contributed by atoms with van der Waals surface area (Å²) in [6.45, 7) is 6.57. The van der Waals surface area contributed by atoms with E-state index in [-0.39, 0.29) is 11.6 Å². The summed E-state index contributed by atoms with van der Waals surface area (Å²) in [5, 5.41) is 8.87. The Balaban J connectivity index is 3.24. The van der Waals surface area contributed by atoms with Gasteiger partial charge in [-0.05, 0) is 38.5 Å². The molecule has 1 amide bonds. The number of methoxy groups -OCH3 is 1. The standard InChI is InChI=1S/C14H19N3O2/c1-9-5-12(6-13(7-15)14(16)18)11(3)17(9)10(2)8-19-4/h5-6,10H,8H2,1-4H3,(H2,16,18)/b13-6-. The van der Waals surface area contributed by atoms with Crippen molar-refractivity contribution in [2.24, 2.45) is 5.73 Å². The summed E-state index contributed by atoms with van der Waals surface area (Å²) in [6, 6.07) is 3.93. The number of carbonyl (C=O) groups is 1. The molecule has 0 radical (unpaired) electrons. The molecule has 0 fully saturated rings. The lowest BCUT2D eigenvalue weighted by molar-refractivity contribution is -0.114. The van der Waals surface area contributed by atoms with Crippen LogP contribution in [0.25, 0.3) is 6.08 Å². The van der Waals surface area contributed by atoms with Gasteiger partial charge < -0.3 is 15.0 Å². The molecule has 1 atom stereocenters. The normalized spacial score (nSPS) is 13.1. The second-order valence-corrected chi connectivity index (χ2v) is 4.53. The fourth-order valence-corrected chi connectivity index (χ4v) is 2.26. The minimum absolute atomic E-state index is 0.0420. The molecule has 0 bridgehead atoms. The van der Waals surface area contributed by atoms with Crippen LogP contribution in [0.2, 0.25) is 0 Å². The highest BCUT2D eigenvalue weighted by Gasteiger charge is 2.14. The van der Waals surface area contributed by atoms with Gasteiger partial charge in [0.25, 0.3) is 5.91 Å². The smallest absolute Gasteiger partial charge is 0.259 e. The van der Waals surface area contributed by atoms with Gasteiger partial charge in [0.05, 0.1) is 12.6 Å². The van der Waals surface area contributed by atoms with Gasteiger partial charge in [0.1, 0.15) is 11.6 Å². The van der Waals surface area contributed by atoms with Crippen LogP contribution in [0.5, 0.6) is 0 Å². The molecular formula is C14H19N3O2. The zero-order chi connectivity index (χ0) is 14.6. The number of amides is 1. The molecule has 0 saturated carbocycles. The third-order valence-corrected chi connectivity index (χ3v) is 3.06. The molecule has 0 aliphatic carbocycles. The Kier molecular flexibility index (Phi) is 4.90. The minimum atomic E-state index is -0.711. The Morgan fingerprint density at radius 2 is 2.26 bits per heavy atom.